The minimum absolute atomic E-state index is 0.213. The van der Waals surface area contributed by atoms with Gasteiger partial charge < -0.3 is 19.5 Å². The molecule has 0 aliphatic heterocycles. The number of carboxylic acid groups (broad SMARTS) is 1. The van der Waals surface area contributed by atoms with Crippen molar-refractivity contribution in [1.29, 1.82) is 0 Å². The molecular weight excluding hydrogens is 549 g/mol. The van der Waals surface area contributed by atoms with Crippen LogP contribution in [-0.4, -0.2) is 21.3 Å². The van der Waals surface area contributed by atoms with Crippen molar-refractivity contribution in [2.24, 2.45) is 0 Å². The molecule has 6 nitrogen and oxygen atoms in total. The van der Waals surface area contributed by atoms with Crippen molar-refractivity contribution < 1.29 is 24.3 Å². The van der Waals surface area contributed by atoms with Gasteiger partial charge in [0, 0.05) is 16.5 Å². The van der Waals surface area contributed by atoms with Crippen LogP contribution in [0.4, 0.5) is 0 Å². The molecule has 1 atom stereocenters. The van der Waals surface area contributed by atoms with Crippen LogP contribution in [0.15, 0.2) is 71.3 Å². The van der Waals surface area contributed by atoms with E-state index < -0.39 is 12.3 Å². The lowest BCUT2D eigenvalue weighted by atomic mass is 10.0. The molecule has 0 amide bonds. The average molecular weight is 573 g/mol. The Hall–Kier alpha value is -3.03. The zero-order valence-electron chi connectivity index (χ0n) is 20.1. The summed E-state index contributed by atoms with van der Waals surface area (Å²) in [6.07, 6.45) is 3.17. The van der Waals surface area contributed by atoms with Gasteiger partial charge in [-0.25, -0.2) is 4.79 Å². The van der Waals surface area contributed by atoms with Gasteiger partial charge in [-0.1, -0.05) is 64.2 Å². The summed E-state index contributed by atoms with van der Waals surface area (Å²) in [7, 11) is 0. The summed E-state index contributed by atoms with van der Waals surface area (Å²) in [5, 5.41) is 24.9. The van der Waals surface area contributed by atoms with Crippen LogP contribution in [0, 0.1) is 0 Å². The standard InChI is InChI=1S/C19H14Cl3NO3.C10H10O2/c20-11-3-1-4-12(9-11)25-19(24)16-17(23-26-18(16)10-7-8-10)15-13(21)5-2-6-14(15)22;11-10(12)9-5-3-8(4-6-9)7-1-2-7/h1-6,9-10,19,24H,7-8H2;3-7H,1-2H2,(H,11,12). The Balaban J connectivity index is 0.000000204. The van der Waals surface area contributed by atoms with Crippen LogP contribution >= 0.6 is 34.8 Å². The van der Waals surface area contributed by atoms with E-state index in [0.717, 1.165) is 12.8 Å². The van der Waals surface area contributed by atoms with E-state index in [9.17, 15) is 9.90 Å². The van der Waals surface area contributed by atoms with Gasteiger partial charge in [0.15, 0.2) is 0 Å². The predicted octanol–water partition coefficient (Wildman–Crippen LogP) is 8.51. The molecule has 1 aromatic heterocycles. The Morgan fingerprint density at radius 3 is 2.13 bits per heavy atom. The molecule has 6 rings (SSSR count). The first-order valence-corrected chi connectivity index (χ1v) is 13.3. The van der Waals surface area contributed by atoms with Gasteiger partial charge >= 0.3 is 5.97 Å². The van der Waals surface area contributed by atoms with E-state index >= 15 is 0 Å². The van der Waals surface area contributed by atoms with E-state index in [1.165, 1.54) is 18.4 Å². The predicted molar refractivity (Wildman–Crippen MR) is 146 cm³/mol. The smallest absolute Gasteiger partial charge is 0.335 e. The molecule has 196 valence electrons. The van der Waals surface area contributed by atoms with Crippen LogP contribution in [0.3, 0.4) is 0 Å². The van der Waals surface area contributed by atoms with Crippen molar-refractivity contribution in [3.8, 4) is 17.0 Å². The highest BCUT2D eigenvalue weighted by atomic mass is 35.5. The van der Waals surface area contributed by atoms with E-state index in [2.05, 4.69) is 5.16 Å². The largest absolute Gasteiger partial charge is 0.478 e. The molecule has 2 saturated carbocycles. The molecule has 4 aromatic rings. The van der Waals surface area contributed by atoms with Crippen LogP contribution in [0.25, 0.3) is 11.3 Å². The Morgan fingerprint density at radius 1 is 0.921 bits per heavy atom. The molecule has 1 unspecified atom stereocenters. The van der Waals surface area contributed by atoms with Crippen molar-refractivity contribution in [1.82, 2.24) is 5.16 Å². The minimum atomic E-state index is -1.29. The van der Waals surface area contributed by atoms with E-state index in [0.29, 0.717) is 54.9 Å². The number of aliphatic hydroxyl groups is 1. The first-order chi connectivity index (χ1) is 18.3. The number of benzene rings is 3. The number of nitrogens with zero attached hydrogens (tertiary/aromatic N) is 1. The lowest BCUT2D eigenvalue weighted by Crippen LogP contribution is -2.09. The Morgan fingerprint density at radius 2 is 1.55 bits per heavy atom. The number of carboxylic acids is 1. The third-order valence-corrected chi connectivity index (χ3v) is 7.27. The number of aliphatic hydroxyl groups excluding tert-OH is 1. The van der Waals surface area contributed by atoms with E-state index in [1.807, 2.05) is 12.1 Å². The molecule has 1 heterocycles. The highest BCUT2D eigenvalue weighted by Gasteiger charge is 2.37. The first-order valence-electron chi connectivity index (χ1n) is 12.2. The molecule has 3 aromatic carbocycles. The monoisotopic (exact) mass is 571 g/mol. The molecule has 2 N–H and O–H groups in total. The third kappa shape index (κ3) is 6.16. The number of carbonyl (C=O) groups is 1. The molecule has 0 bridgehead atoms. The zero-order chi connectivity index (χ0) is 26.8. The Bertz CT molecular complexity index is 1420. The Kier molecular flexibility index (Phi) is 7.96. The van der Waals surface area contributed by atoms with Crippen LogP contribution in [0.5, 0.6) is 5.75 Å². The second-order valence-electron chi connectivity index (χ2n) is 9.31. The number of aromatic nitrogens is 1. The lowest BCUT2D eigenvalue weighted by Gasteiger charge is -2.15. The molecule has 38 heavy (non-hydrogen) atoms. The summed E-state index contributed by atoms with van der Waals surface area (Å²) in [6, 6.07) is 19.2. The molecular formula is C29H24Cl3NO5. The molecule has 2 fully saturated rings. The summed E-state index contributed by atoms with van der Waals surface area (Å²) in [6.45, 7) is 0. The maximum absolute atomic E-state index is 10.8. The minimum Gasteiger partial charge on any atom is -0.478 e. The van der Waals surface area contributed by atoms with Crippen LogP contribution in [0.1, 0.15) is 71.1 Å². The van der Waals surface area contributed by atoms with Crippen LogP contribution in [-0.2, 0) is 0 Å². The van der Waals surface area contributed by atoms with Crippen molar-refractivity contribution in [3.63, 3.8) is 0 Å². The highest BCUT2D eigenvalue weighted by Crippen LogP contribution is 2.48. The van der Waals surface area contributed by atoms with Gasteiger partial charge in [0.2, 0.25) is 6.29 Å². The number of rotatable bonds is 7. The fraction of sp³-hybridized carbons (Fsp3) is 0.241. The molecule has 0 radical (unpaired) electrons. The number of ether oxygens (including phenoxy) is 1. The summed E-state index contributed by atoms with van der Waals surface area (Å²) in [4.78, 5) is 10.5. The lowest BCUT2D eigenvalue weighted by molar-refractivity contribution is -0.0202. The average Bonchev–Trinajstić information content (AvgIpc) is 3.82. The maximum Gasteiger partial charge on any atom is 0.335 e. The first kappa shape index (κ1) is 26.6. The van der Waals surface area contributed by atoms with Crippen LogP contribution < -0.4 is 4.74 Å². The number of hydrogen-bond acceptors (Lipinski definition) is 5. The van der Waals surface area contributed by atoms with Crippen LogP contribution in [0.2, 0.25) is 15.1 Å². The SMILES string of the molecule is O=C(O)c1ccc(C2CC2)cc1.OC(Oc1cccc(Cl)c1)c1c(-c2c(Cl)cccc2Cl)noc1C1CC1. The van der Waals surface area contributed by atoms with Crippen molar-refractivity contribution in [2.75, 3.05) is 0 Å². The van der Waals surface area contributed by atoms with Gasteiger partial charge in [-0.05, 0) is 79.6 Å². The van der Waals surface area contributed by atoms with Crippen molar-refractivity contribution >= 4 is 40.8 Å². The zero-order valence-corrected chi connectivity index (χ0v) is 22.4. The summed E-state index contributed by atoms with van der Waals surface area (Å²) in [5.74, 6) is 1.10. The van der Waals surface area contributed by atoms with E-state index in [4.69, 9.17) is 49.2 Å². The van der Waals surface area contributed by atoms with Gasteiger partial charge in [0.25, 0.3) is 0 Å². The van der Waals surface area contributed by atoms with E-state index in [-0.39, 0.29) is 5.92 Å². The second-order valence-corrected chi connectivity index (χ2v) is 10.6. The van der Waals surface area contributed by atoms with Gasteiger partial charge in [-0.2, -0.15) is 0 Å². The van der Waals surface area contributed by atoms with Gasteiger partial charge in [0.05, 0.1) is 21.2 Å². The van der Waals surface area contributed by atoms with Gasteiger partial charge in [0.1, 0.15) is 17.2 Å². The second kappa shape index (κ2) is 11.4. The summed E-state index contributed by atoms with van der Waals surface area (Å²) < 4.78 is 11.2. The fourth-order valence-electron chi connectivity index (χ4n) is 4.14. The topological polar surface area (TPSA) is 92.8 Å². The number of aromatic carboxylic acids is 1. The molecule has 2 aliphatic carbocycles. The number of halogens is 3. The maximum atomic E-state index is 10.8. The fourth-order valence-corrected chi connectivity index (χ4v) is 4.89. The number of hydrogen-bond donors (Lipinski definition) is 2. The molecule has 2 aliphatic rings. The van der Waals surface area contributed by atoms with Gasteiger partial charge in [-0.15, -0.1) is 0 Å². The molecule has 0 spiro atoms. The van der Waals surface area contributed by atoms with Gasteiger partial charge in [-0.3, -0.25) is 0 Å². The highest BCUT2D eigenvalue weighted by molar-refractivity contribution is 6.39. The van der Waals surface area contributed by atoms with E-state index in [1.54, 1.807) is 54.6 Å². The quantitative estimate of drug-likeness (QED) is 0.216. The normalized spacial score (nSPS) is 15.4. The molecule has 0 saturated heterocycles. The van der Waals surface area contributed by atoms with Crippen molar-refractivity contribution in [2.45, 2.75) is 43.8 Å². The summed E-state index contributed by atoms with van der Waals surface area (Å²) >= 11 is 18.6. The molecule has 9 heteroatoms. The van der Waals surface area contributed by atoms with Crippen molar-refractivity contribution in [3.05, 3.63) is 104 Å². The summed E-state index contributed by atoms with van der Waals surface area (Å²) in [5.41, 5.74) is 2.99. The Labute approximate surface area is 234 Å². The third-order valence-electron chi connectivity index (χ3n) is 6.40.